The van der Waals surface area contributed by atoms with Crippen molar-refractivity contribution in [2.45, 2.75) is 52.6 Å². The van der Waals surface area contributed by atoms with Gasteiger partial charge in [-0.25, -0.2) is 0 Å². The van der Waals surface area contributed by atoms with E-state index in [-0.39, 0.29) is 17.0 Å². The van der Waals surface area contributed by atoms with Crippen LogP contribution in [-0.4, -0.2) is 11.6 Å². The van der Waals surface area contributed by atoms with Crippen molar-refractivity contribution in [2.24, 2.45) is 5.41 Å². The van der Waals surface area contributed by atoms with E-state index in [1.807, 2.05) is 13.8 Å². The van der Waals surface area contributed by atoms with Crippen molar-refractivity contribution >= 4 is 5.97 Å². The van der Waals surface area contributed by atoms with Crippen LogP contribution in [-0.2, 0) is 9.53 Å². The number of ether oxygens (including phenoxy) is 1. The van der Waals surface area contributed by atoms with E-state index < -0.39 is 0 Å². The summed E-state index contributed by atoms with van der Waals surface area (Å²) in [6.45, 7) is 12.1. The van der Waals surface area contributed by atoms with Crippen LogP contribution in [0.1, 0.15) is 47.0 Å². The van der Waals surface area contributed by atoms with Gasteiger partial charge in [0, 0.05) is 6.42 Å². The lowest BCUT2D eigenvalue weighted by Crippen LogP contribution is -2.43. The van der Waals surface area contributed by atoms with Crippen molar-refractivity contribution in [1.82, 2.24) is 0 Å². The Morgan fingerprint density at radius 1 is 1.50 bits per heavy atom. The summed E-state index contributed by atoms with van der Waals surface area (Å²) in [5.74, 6) is -0.0787. The summed E-state index contributed by atoms with van der Waals surface area (Å²) < 4.78 is 5.42. The number of esters is 1. The van der Waals surface area contributed by atoms with Crippen LogP contribution in [0.2, 0.25) is 0 Å². The third-order valence-corrected chi connectivity index (χ3v) is 2.51. The molecule has 0 aliphatic carbocycles. The van der Waals surface area contributed by atoms with Gasteiger partial charge in [0.05, 0.1) is 6.42 Å². The van der Waals surface area contributed by atoms with Gasteiger partial charge in [-0.3, -0.25) is 4.79 Å². The largest absolute Gasteiger partial charge is 0.459 e. The Balaban J connectivity index is 2.78. The maximum Gasteiger partial charge on any atom is 0.306 e. The molecule has 0 aromatic carbocycles. The molecule has 0 amide bonds. The van der Waals surface area contributed by atoms with E-state index in [0.717, 1.165) is 18.4 Å². The lowest BCUT2D eigenvalue weighted by molar-refractivity contribution is -0.174. The minimum absolute atomic E-state index is 0.0551. The van der Waals surface area contributed by atoms with Crippen LogP contribution in [0.4, 0.5) is 0 Å². The number of hydrogen-bond donors (Lipinski definition) is 0. The first-order chi connectivity index (χ1) is 6.22. The van der Waals surface area contributed by atoms with Gasteiger partial charge in [-0.15, -0.1) is 0 Å². The van der Waals surface area contributed by atoms with Crippen molar-refractivity contribution in [3.8, 4) is 0 Å². The minimum Gasteiger partial charge on any atom is -0.459 e. The summed E-state index contributed by atoms with van der Waals surface area (Å²) in [5, 5.41) is 0. The SMILES string of the molecule is C=C(C)CC1(C)CC(C)(C)CC(=O)O1. The molecule has 1 heterocycles. The highest BCUT2D eigenvalue weighted by Gasteiger charge is 2.41. The van der Waals surface area contributed by atoms with Crippen molar-refractivity contribution in [3.63, 3.8) is 0 Å². The van der Waals surface area contributed by atoms with Gasteiger partial charge in [-0.2, -0.15) is 0 Å². The Kier molecular flexibility index (Phi) is 2.75. The first-order valence-corrected chi connectivity index (χ1v) is 5.09. The maximum absolute atomic E-state index is 11.4. The zero-order valence-electron chi connectivity index (χ0n) is 9.64. The third kappa shape index (κ3) is 2.86. The Morgan fingerprint density at radius 2 is 2.07 bits per heavy atom. The zero-order valence-corrected chi connectivity index (χ0v) is 9.64. The van der Waals surface area contributed by atoms with Crippen LogP contribution >= 0.6 is 0 Å². The van der Waals surface area contributed by atoms with E-state index in [1.165, 1.54) is 0 Å². The van der Waals surface area contributed by atoms with Gasteiger partial charge >= 0.3 is 5.97 Å². The zero-order chi connectivity index (χ0) is 11.0. The molecule has 1 saturated heterocycles. The molecule has 2 heteroatoms. The van der Waals surface area contributed by atoms with Gasteiger partial charge in [-0.05, 0) is 25.7 Å². The molecule has 1 rings (SSSR count). The summed E-state index contributed by atoms with van der Waals surface area (Å²) in [6.07, 6.45) is 2.21. The van der Waals surface area contributed by atoms with Crippen molar-refractivity contribution in [2.75, 3.05) is 0 Å². The molecule has 0 aromatic rings. The van der Waals surface area contributed by atoms with Crippen molar-refractivity contribution in [3.05, 3.63) is 12.2 Å². The summed E-state index contributed by atoms with van der Waals surface area (Å²) in [7, 11) is 0. The highest BCUT2D eigenvalue weighted by atomic mass is 16.6. The van der Waals surface area contributed by atoms with Crippen LogP contribution in [0.3, 0.4) is 0 Å². The number of cyclic esters (lactones) is 1. The maximum atomic E-state index is 11.4. The fourth-order valence-electron chi connectivity index (χ4n) is 2.55. The molecular weight excluding hydrogens is 176 g/mol. The highest BCUT2D eigenvalue weighted by Crippen LogP contribution is 2.41. The van der Waals surface area contributed by atoms with E-state index in [0.29, 0.717) is 6.42 Å². The second-order valence-electron chi connectivity index (χ2n) is 5.58. The molecule has 0 spiro atoms. The third-order valence-electron chi connectivity index (χ3n) is 2.51. The molecule has 0 aromatic heterocycles. The normalized spacial score (nSPS) is 31.0. The summed E-state index contributed by atoms with van der Waals surface area (Å²) in [4.78, 5) is 11.4. The van der Waals surface area contributed by atoms with E-state index in [9.17, 15) is 4.79 Å². The summed E-state index contributed by atoms with van der Waals surface area (Å²) >= 11 is 0. The van der Waals surface area contributed by atoms with Crippen LogP contribution < -0.4 is 0 Å². The number of hydrogen-bond acceptors (Lipinski definition) is 2. The monoisotopic (exact) mass is 196 g/mol. The molecule has 0 N–H and O–H groups in total. The lowest BCUT2D eigenvalue weighted by atomic mass is 9.74. The molecule has 2 nitrogen and oxygen atoms in total. The molecule has 80 valence electrons. The smallest absolute Gasteiger partial charge is 0.306 e. The first-order valence-electron chi connectivity index (χ1n) is 5.09. The Morgan fingerprint density at radius 3 is 2.50 bits per heavy atom. The molecule has 14 heavy (non-hydrogen) atoms. The van der Waals surface area contributed by atoms with Crippen LogP contribution in [0.5, 0.6) is 0 Å². The number of carbonyl (C=O) groups is 1. The molecule has 1 aliphatic heterocycles. The minimum atomic E-state index is -0.343. The molecule has 0 saturated carbocycles. The molecule has 1 unspecified atom stereocenters. The summed E-state index contributed by atoms with van der Waals surface area (Å²) in [6, 6.07) is 0. The standard InChI is InChI=1S/C12H20O2/c1-9(2)6-12(5)8-11(3,4)7-10(13)14-12/h1,6-8H2,2-5H3. The number of carbonyl (C=O) groups excluding carboxylic acids is 1. The average Bonchev–Trinajstić information content (AvgIpc) is 1.74. The van der Waals surface area contributed by atoms with Gasteiger partial charge in [0.15, 0.2) is 0 Å². The quantitative estimate of drug-likeness (QED) is 0.501. The number of rotatable bonds is 2. The second kappa shape index (κ2) is 3.41. The van der Waals surface area contributed by atoms with E-state index in [4.69, 9.17) is 4.74 Å². The Labute approximate surface area is 86.3 Å². The highest BCUT2D eigenvalue weighted by molar-refractivity contribution is 5.71. The predicted octanol–water partition coefficient (Wildman–Crippen LogP) is 3.07. The molecule has 1 aliphatic rings. The lowest BCUT2D eigenvalue weighted by Gasteiger charge is -2.42. The Bertz CT molecular complexity index is 261. The first kappa shape index (κ1) is 11.3. The van der Waals surface area contributed by atoms with Gasteiger partial charge in [0.2, 0.25) is 0 Å². The van der Waals surface area contributed by atoms with Crippen molar-refractivity contribution in [1.29, 1.82) is 0 Å². The van der Waals surface area contributed by atoms with Gasteiger partial charge < -0.3 is 4.74 Å². The second-order valence-corrected chi connectivity index (χ2v) is 5.58. The molecule has 0 bridgehead atoms. The average molecular weight is 196 g/mol. The fraction of sp³-hybridized carbons (Fsp3) is 0.750. The Hall–Kier alpha value is -0.790. The topological polar surface area (TPSA) is 26.3 Å². The van der Waals surface area contributed by atoms with Crippen LogP contribution in [0, 0.1) is 5.41 Å². The van der Waals surface area contributed by atoms with Gasteiger partial charge in [-0.1, -0.05) is 26.0 Å². The van der Waals surface area contributed by atoms with Crippen molar-refractivity contribution < 1.29 is 9.53 Å². The van der Waals surface area contributed by atoms with Crippen LogP contribution in [0.15, 0.2) is 12.2 Å². The molecular formula is C12H20O2. The van der Waals surface area contributed by atoms with E-state index in [1.54, 1.807) is 0 Å². The van der Waals surface area contributed by atoms with Gasteiger partial charge in [0.25, 0.3) is 0 Å². The predicted molar refractivity (Wildman–Crippen MR) is 56.9 cm³/mol. The van der Waals surface area contributed by atoms with E-state index >= 15 is 0 Å². The summed E-state index contributed by atoms with van der Waals surface area (Å²) in [5.41, 5.74) is 0.780. The fourth-order valence-corrected chi connectivity index (χ4v) is 2.55. The van der Waals surface area contributed by atoms with Gasteiger partial charge in [0.1, 0.15) is 5.60 Å². The van der Waals surface area contributed by atoms with E-state index in [2.05, 4.69) is 20.4 Å². The molecule has 0 radical (unpaired) electrons. The molecule has 1 fully saturated rings. The van der Waals surface area contributed by atoms with Crippen LogP contribution in [0.25, 0.3) is 0 Å². The molecule has 1 atom stereocenters.